The molecule has 0 bridgehead atoms. The van der Waals surface area contributed by atoms with Crippen LogP contribution in [0.3, 0.4) is 0 Å². The summed E-state index contributed by atoms with van der Waals surface area (Å²) in [5.41, 5.74) is 1.24. The van der Waals surface area contributed by atoms with Crippen molar-refractivity contribution in [3.8, 4) is 0 Å². The fraction of sp³-hybridized carbons (Fsp3) is 0.565. The van der Waals surface area contributed by atoms with Crippen molar-refractivity contribution < 1.29 is 13.9 Å². The van der Waals surface area contributed by atoms with Crippen LogP contribution in [0.2, 0.25) is 5.02 Å². The van der Waals surface area contributed by atoms with Gasteiger partial charge in [-0.25, -0.2) is 4.98 Å². The number of carbonyl (C=O) groups excluding carboxylic acids is 1. The van der Waals surface area contributed by atoms with Gasteiger partial charge in [-0.2, -0.15) is 0 Å². The highest BCUT2D eigenvalue weighted by atomic mass is 35.5. The molecule has 1 saturated carbocycles. The molecular weight excluding hydrogens is 437 g/mol. The molecule has 2 fully saturated rings. The van der Waals surface area contributed by atoms with Crippen molar-refractivity contribution >= 4 is 29.9 Å². The van der Waals surface area contributed by atoms with Crippen LogP contribution in [-0.2, 0) is 16.0 Å². The van der Waals surface area contributed by atoms with E-state index < -0.39 is 6.10 Å². The summed E-state index contributed by atoms with van der Waals surface area (Å²) in [6.07, 6.45) is 6.53. The van der Waals surface area contributed by atoms with E-state index >= 15 is 0 Å². The average Bonchev–Trinajstić information content (AvgIpc) is 3.21. The van der Waals surface area contributed by atoms with Gasteiger partial charge in [0.1, 0.15) is 11.9 Å². The van der Waals surface area contributed by atoms with Gasteiger partial charge in [-0.1, -0.05) is 23.7 Å². The molecule has 8 heteroatoms. The SMILES string of the molecule is CNC(=O)[C@H]1CN(C2CCC(c3ncc(C)o3)CC2)[C@@H](Cc2ccc(Cl)cc2)CO1.Cl. The molecule has 1 aromatic carbocycles. The number of nitrogens with zero attached hydrogens (tertiary/aromatic N) is 2. The second kappa shape index (κ2) is 10.8. The number of rotatable bonds is 5. The summed E-state index contributed by atoms with van der Waals surface area (Å²) >= 11 is 6.05. The molecule has 1 aliphatic heterocycles. The van der Waals surface area contributed by atoms with E-state index in [0.717, 1.165) is 48.8 Å². The number of halogens is 2. The van der Waals surface area contributed by atoms with Crippen LogP contribution in [0.15, 0.2) is 34.9 Å². The Morgan fingerprint density at radius 2 is 1.94 bits per heavy atom. The number of nitrogens with one attached hydrogen (secondary N) is 1. The number of carbonyl (C=O) groups is 1. The Morgan fingerprint density at radius 3 is 2.55 bits per heavy atom. The lowest BCUT2D eigenvalue weighted by Gasteiger charge is -2.45. The minimum Gasteiger partial charge on any atom is -0.446 e. The number of hydrogen-bond acceptors (Lipinski definition) is 5. The van der Waals surface area contributed by atoms with Gasteiger partial charge < -0.3 is 14.5 Å². The normalized spacial score (nSPS) is 26.8. The average molecular weight is 468 g/mol. The first-order chi connectivity index (χ1) is 14.5. The standard InChI is InChI=1S/C23H30ClN3O3.ClH/c1-15-12-26-23(30-15)17-5-9-19(10-6-17)27-13-21(22(28)25-2)29-14-20(27)11-16-3-7-18(24)8-4-16;/h3-4,7-8,12,17,19-21H,5-6,9-11,13-14H2,1-2H3,(H,25,28);1H/t17?,19?,20-,21+;/m0./s1. The van der Waals surface area contributed by atoms with Crippen LogP contribution in [0.25, 0.3) is 0 Å². The van der Waals surface area contributed by atoms with Crippen molar-refractivity contribution in [3.63, 3.8) is 0 Å². The lowest BCUT2D eigenvalue weighted by molar-refractivity contribution is -0.144. The van der Waals surface area contributed by atoms with Crippen LogP contribution >= 0.6 is 24.0 Å². The summed E-state index contributed by atoms with van der Waals surface area (Å²) in [6.45, 7) is 3.13. The fourth-order valence-corrected chi connectivity index (χ4v) is 4.89. The molecule has 6 nitrogen and oxygen atoms in total. The number of oxazole rings is 1. The van der Waals surface area contributed by atoms with E-state index in [4.69, 9.17) is 20.8 Å². The van der Waals surface area contributed by atoms with Gasteiger partial charge in [0.25, 0.3) is 0 Å². The highest BCUT2D eigenvalue weighted by Crippen LogP contribution is 2.36. The maximum Gasteiger partial charge on any atom is 0.250 e. The smallest absolute Gasteiger partial charge is 0.250 e. The van der Waals surface area contributed by atoms with Crippen LogP contribution in [0, 0.1) is 6.92 Å². The number of aromatic nitrogens is 1. The van der Waals surface area contributed by atoms with Crippen molar-refractivity contribution in [3.05, 3.63) is 52.7 Å². The molecule has 1 aromatic heterocycles. The van der Waals surface area contributed by atoms with Gasteiger partial charge in [-0.3, -0.25) is 9.69 Å². The zero-order chi connectivity index (χ0) is 21.1. The number of ether oxygens (including phenoxy) is 1. The molecule has 4 rings (SSSR count). The number of likely N-dealkylation sites (N-methyl/N-ethyl adjacent to an activating group) is 1. The molecule has 1 N–H and O–H groups in total. The molecule has 2 aliphatic rings. The molecule has 2 aromatic rings. The zero-order valence-electron chi connectivity index (χ0n) is 18.1. The van der Waals surface area contributed by atoms with E-state index in [1.165, 1.54) is 5.56 Å². The number of morpholine rings is 1. The molecule has 1 saturated heterocycles. The Balaban J connectivity index is 0.00000272. The quantitative estimate of drug-likeness (QED) is 0.715. The van der Waals surface area contributed by atoms with Crippen molar-refractivity contribution in [2.45, 2.75) is 63.1 Å². The summed E-state index contributed by atoms with van der Waals surface area (Å²) in [6, 6.07) is 8.70. The van der Waals surface area contributed by atoms with Gasteiger partial charge in [0.2, 0.25) is 5.91 Å². The summed E-state index contributed by atoms with van der Waals surface area (Å²) in [4.78, 5) is 19.2. The van der Waals surface area contributed by atoms with Crippen molar-refractivity contribution in [2.24, 2.45) is 0 Å². The predicted molar refractivity (Wildman–Crippen MR) is 123 cm³/mol. The first kappa shape index (κ1) is 24.1. The van der Waals surface area contributed by atoms with E-state index in [1.54, 1.807) is 13.2 Å². The summed E-state index contributed by atoms with van der Waals surface area (Å²) in [7, 11) is 1.67. The number of amides is 1. The Morgan fingerprint density at radius 1 is 1.23 bits per heavy atom. The van der Waals surface area contributed by atoms with Crippen molar-refractivity contribution in [2.75, 3.05) is 20.2 Å². The third kappa shape index (κ3) is 5.80. The third-order valence-electron chi connectivity index (χ3n) is 6.41. The molecule has 1 amide bonds. The summed E-state index contributed by atoms with van der Waals surface area (Å²) in [5, 5.41) is 3.48. The predicted octanol–water partition coefficient (Wildman–Crippen LogP) is 4.14. The number of hydrogen-bond donors (Lipinski definition) is 1. The van der Waals surface area contributed by atoms with Crippen LogP contribution in [-0.4, -0.2) is 54.2 Å². The molecule has 0 radical (unpaired) electrons. The Bertz CT molecular complexity index is 850. The summed E-state index contributed by atoms with van der Waals surface area (Å²) in [5.74, 6) is 2.08. The van der Waals surface area contributed by atoms with E-state index in [0.29, 0.717) is 25.1 Å². The molecule has 2 atom stereocenters. The minimum absolute atomic E-state index is 0. The second-order valence-electron chi connectivity index (χ2n) is 8.43. The molecule has 0 unspecified atom stereocenters. The van der Waals surface area contributed by atoms with Crippen molar-refractivity contribution in [1.29, 1.82) is 0 Å². The summed E-state index contributed by atoms with van der Waals surface area (Å²) < 4.78 is 11.7. The fourth-order valence-electron chi connectivity index (χ4n) is 4.77. The van der Waals surface area contributed by atoms with Gasteiger partial charge in [0, 0.05) is 36.6 Å². The minimum atomic E-state index is -0.413. The van der Waals surface area contributed by atoms with Gasteiger partial charge >= 0.3 is 0 Å². The number of benzene rings is 1. The molecule has 31 heavy (non-hydrogen) atoms. The molecule has 170 valence electrons. The molecule has 0 spiro atoms. The van der Waals surface area contributed by atoms with Crippen molar-refractivity contribution in [1.82, 2.24) is 15.2 Å². The topological polar surface area (TPSA) is 67.6 Å². The van der Waals surface area contributed by atoms with Gasteiger partial charge in [0.15, 0.2) is 5.89 Å². The monoisotopic (exact) mass is 467 g/mol. The second-order valence-corrected chi connectivity index (χ2v) is 8.87. The van der Waals surface area contributed by atoms with Crippen LogP contribution < -0.4 is 5.32 Å². The zero-order valence-corrected chi connectivity index (χ0v) is 19.6. The van der Waals surface area contributed by atoms with Gasteiger partial charge in [-0.05, 0) is 56.7 Å². The highest BCUT2D eigenvalue weighted by Gasteiger charge is 2.38. The van der Waals surface area contributed by atoms with Crippen LogP contribution in [0.4, 0.5) is 0 Å². The van der Waals surface area contributed by atoms with E-state index in [9.17, 15) is 4.79 Å². The number of aryl methyl sites for hydroxylation is 1. The Kier molecular flexibility index (Phi) is 8.39. The maximum absolute atomic E-state index is 12.2. The van der Waals surface area contributed by atoms with E-state index in [2.05, 4.69) is 27.3 Å². The lowest BCUT2D eigenvalue weighted by Crippen LogP contribution is -2.58. The first-order valence-electron chi connectivity index (χ1n) is 10.8. The molecule has 2 heterocycles. The largest absolute Gasteiger partial charge is 0.446 e. The van der Waals surface area contributed by atoms with Gasteiger partial charge in [-0.15, -0.1) is 12.4 Å². The molecule has 1 aliphatic carbocycles. The van der Waals surface area contributed by atoms with Gasteiger partial charge in [0.05, 0.1) is 12.8 Å². The van der Waals surface area contributed by atoms with Crippen LogP contribution in [0.1, 0.15) is 48.8 Å². The Hall–Kier alpha value is -1.60. The third-order valence-corrected chi connectivity index (χ3v) is 6.66. The highest BCUT2D eigenvalue weighted by molar-refractivity contribution is 6.30. The maximum atomic E-state index is 12.2. The lowest BCUT2D eigenvalue weighted by atomic mass is 9.84. The van der Waals surface area contributed by atoms with Crippen LogP contribution in [0.5, 0.6) is 0 Å². The first-order valence-corrected chi connectivity index (χ1v) is 11.2. The van der Waals surface area contributed by atoms with E-state index in [1.807, 2.05) is 19.1 Å². The van der Waals surface area contributed by atoms with E-state index in [-0.39, 0.29) is 24.4 Å². The Labute approximate surface area is 195 Å². The molecular formula is C23H31Cl2N3O3.